The second-order valence-corrected chi connectivity index (χ2v) is 6.87. The molecule has 5 aromatic rings. The van der Waals surface area contributed by atoms with Crippen molar-refractivity contribution in [2.45, 2.75) is 0 Å². The van der Waals surface area contributed by atoms with Gasteiger partial charge in [-0.15, -0.1) is 0 Å². The molecule has 4 heteroatoms. The third-order valence-electron chi connectivity index (χ3n) is 5.13. The molecule has 0 radical (unpaired) electrons. The minimum Gasteiger partial charge on any atom is -0.449 e. The number of aromatic nitrogens is 1. The van der Waals surface area contributed by atoms with E-state index in [4.69, 9.17) is 9.15 Å². The maximum atomic E-state index is 6.46. The topological polar surface area (TPSA) is 38.5 Å². The Morgan fingerprint density at radius 3 is 2.41 bits per heavy atom. The van der Waals surface area contributed by atoms with Gasteiger partial charge in [-0.25, -0.2) is 0 Å². The third-order valence-corrected chi connectivity index (χ3v) is 5.13. The molecule has 6 rings (SSSR count). The normalized spacial score (nSPS) is 12.3. The molecule has 3 heterocycles. The number of para-hydroxylation sites is 4. The van der Waals surface area contributed by atoms with Crippen LogP contribution in [0.4, 0.5) is 17.3 Å². The lowest BCUT2D eigenvalue weighted by Gasteiger charge is -2.29. The van der Waals surface area contributed by atoms with E-state index in [1.807, 2.05) is 78.9 Å². The van der Waals surface area contributed by atoms with Crippen LogP contribution in [0.15, 0.2) is 102 Å². The number of pyridine rings is 1. The van der Waals surface area contributed by atoms with Crippen molar-refractivity contribution in [3.63, 3.8) is 0 Å². The van der Waals surface area contributed by atoms with Crippen molar-refractivity contribution in [1.29, 1.82) is 0 Å². The number of hydrogen-bond donors (Lipinski definition) is 0. The summed E-state index contributed by atoms with van der Waals surface area (Å²) < 4.78 is 12.8. The van der Waals surface area contributed by atoms with Crippen LogP contribution in [-0.2, 0) is 0 Å². The molecule has 138 valence electrons. The lowest BCUT2D eigenvalue weighted by Crippen LogP contribution is -2.14. The van der Waals surface area contributed by atoms with Gasteiger partial charge in [0.25, 0.3) is 0 Å². The van der Waals surface area contributed by atoms with Crippen molar-refractivity contribution >= 4 is 28.2 Å². The fourth-order valence-electron chi connectivity index (χ4n) is 3.83. The molecule has 2 aromatic heterocycles. The molecule has 0 atom stereocenters. The molecule has 0 bridgehead atoms. The van der Waals surface area contributed by atoms with Crippen molar-refractivity contribution in [2.75, 3.05) is 4.90 Å². The van der Waals surface area contributed by atoms with Crippen molar-refractivity contribution in [1.82, 2.24) is 4.98 Å². The minimum absolute atomic E-state index is 0.674. The fraction of sp³-hybridized carbons (Fsp3) is 0. The molecule has 0 amide bonds. The Bertz CT molecular complexity index is 1330. The van der Waals surface area contributed by atoms with Gasteiger partial charge in [0.2, 0.25) is 5.88 Å². The van der Waals surface area contributed by atoms with E-state index in [9.17, 15) is 0 Å². The standard InChI is InChI=1S/C25H16N2O2/c1-2-9-17(10-3-1)27-21-14-4-5-15-22(21)28-24-19-12-8-11-18(23(19)29-25(24)27)20-13-6-7-16-26-20/h1-16H. The average molecular weight is 376 g/mol. The van der Waals surface area contributed by atoms with Gasteiger partial charge in [0, 0.05) is 17.4 Å². The molecule has 29 heavy (non-hydrogen) atoms. The molecule has 4 nitrogen and oxygen atoms in total. The van der Waals surface area contributed by atoms with Gasteiger partial charge >= 0.3 is 0 Å². The number of ether oxygens (including phenoxy) is 1. The van der Waals surface area contributed by atoms with Crippen LogP contribution >= 0.6 is 0 Å². The smallest absolute Gasteiger partial charge is 0.249 e. The number of furan rings is 1. The lowest BCUT2D eigenvalue weighted by atomic mass is 10.1. The number of nitrogens with zero attached hydrogens (tertiary/aromatic N) is 2. The zero-order chi connectivity index (χ0) is 19.2. The molecule has 0 aliphatic carbocycles. The van der Waals surface area contributed by atoms with Crippen LogP contribution < -0.4 is 9.64 Å². The van der Waals surface area contributed by atoms with Gasteiger partial charge in [0.05, 0.1) is 16.8 Å². The van der Waals surface area contributed by atoms with Crippen LogP contribution in [0.25, 0.3) is 22.2 Å². The second-order valence-electron chi connectivity index (χ2n) is 6.87. The molecule has 0 unspecified atom stereocenters. The summed E-state index contributed by atoms with van der Waals surface area (Å²) in [7, 11) is 0. The average Bonchev–Trinajstić information content (AvgIpc) is 3.17. The Balaban J connectivity index is 1.65. The van der Waals surface area contributed by atoms with E-state index < -0.39 is 0 Å². The second kappa shape index (κ2) is 6.24. The molecule has 1 aliphatic rings. The number of benzene rings is 3. The van der Waals surface area contributed by atoms with Crippen LogP contribution in [0.3, 0.4) is 0 Å². The quantitative estimate of drug-likeness (QED) is 0.324. The summed E-state index contributed by atoms with van der Waals surface area (Å²) in [5.74, 6) is 2.20. The molecule has 1 aliphatic heterocycles. The summed E-state index contributed by atoms with van der Waals surface area (Å²) in [5.41, 5.74) is 4.55. The maximum Gasteiger partial charge on any atom is 0.249 e. The van der Waals surface area contributed by atoms with E-state index in [2.05, 4.69) is 22.0 Å². The Morgan fingerprint density at radius 2 is 1.55 bits per heavy atom. The highest BCUT2D eigenvalue weighted by Crippen LogP contribution is 2.55. The molecule has 0 spiro atoms. The van der Waals surface area contributed by atoms with Gasteiger partial charge in [-0.3, -0.25) is 9.88 Å². The Morgan fingerprint density at radius 1 is 0.724 bits per heavy atom. The van der Waals surface area contributed by atoms with Crippen LogP contribution in [0, 0.1) is 0 Å². The molecule has 3 aromatic carbocycles. The molecular formula is C25H16N2O2. The predicted octanol–water partition coefficient (Wildman–Crippen LogP) is 7.07. The van der Waals surface area contributed by atoms with Crippen molar-refractivity contribution in [2.24, 2.45) is 0 Å². The zero-order valence-corrected chi connectivity index (χ0v) is 15.4. The molecule has 0 saturated carbocycles. The third kappa shape index (κ3) is 2.43. The summed E-state index contributed by atoms with van der Waals surface area (Å²) >= 11 is 0. The summed E-state index contributed by atoms with van der Waals surface area (Å²) in [6.07, 6.45) is 1.79. The molecule has 0 N–H and O–H groups in total. The van der Waals surface area contributed by atoms with E-state index in [0.717, 1.165) is 45.1 Å². The van der Waals surface area contributed by atoms with Gasteiger partial charge < -0.3 is 9.15 Å². The van der Waals surface area contributed by atoms with Crippen LogP contribution in [0.5, 0.6) is 11.5 Å². The van der Waals surface area contributed by atoms with Gasteiger partial charge in [-0.1, -0.05) is 42.5 Å². The number of hydrogen-bond acceptors (Lipinski definition) is 4. The first-order valence-electron chi connectivity index (χ1n) is 9.49. The SMILES string of the molecule is c1ccc(N2c3ccccc3Oc3c2oc2c(-c4ccccn4)cccc32)cc1. The summed E-state index contributed by atoms with van der Waals surface area (Å²) in [4.78, 5) is 6.62. The first-order valence-corrected chi connectivity index (χ1v) is 9.49. The highest BCUT2D eigenvalue weighted by Gasteiger charge is 2.32. The van der Waals surface area contributed by atoms with Crippen LogP contribution in [-0.4, -0.2) is 4.98 Å². The van der Waals surface area contributed by atoms with E-state index >= 15 is 0 Å². The maximum absolute atomic E-state index is 6.46. The summed E-state index contributed by atoms with van der Waals surface area (Å²) in [6.45, 7) is 0. The number of fused-ring (bicyclic) bond motifs is 4. The molecule has 0 saturated heterocycles. The monoisotopic (exact) mass is 376 g/mol. The van der Waals surface area contributed by atoms with E-state index in [-0.39, 0.29) is 0 Å². The van der Waals surface area contributed by atoms with Gasteiger partial charge in [0.1, 0.15) is 5.58 Å². The van der Waals surface area contributed by atoms with Crippen LogP contribution in [0.1, 0.15) is 0 Å². The Hall–Kier alpha value is -4.05. The van der Waals surface area contributed by atoms with Crippen molar-refractivity contribution in [3.8, 4) is 22.8 Å². The highest BCUT2D eigenvalue weighted by atomic mass is 16.5. The Labute approximate surface area is 167 Å². The largest absolute Gasteiger partial charge is 0.449 e. The molecular weight excluding hydrogens is 360 g/mol. The minimum atomic E-state index is 0.674. The number of rotatable bonds is 2. The highest BCUT2D eigenvalue weighted by molar-refractivity contribution is 6.02. The van der Waals surface area contributed by atoms with E-state index in [1.54, 1.807) is 6.20 Å². The van der Waals surface area contributed by atoms with E-state index in [0.29, 0.717) is 5.88 Å². The Kier molecular flexibility index (Phi) is 3.43. The predicted molar refractivity (Wildman–Crippen MR) is 114 cm³/mol. The van der Waals surface area contributed by atoms with Crippen molar-refractivity contribution in [3.05, 3.63) is 97.2 Å². The molecule has 0 fully saturated rings. The van der Waals surface area contributed by atoms with E-state index in [1.165, 1.54) is 0 Å². The first-order chi connectivity index (χ1) is 14.4. The fourth-order valence-corrected chi connectivity index (χ4v) is 3.83. The van der Waals surface area contributed by atoms with Gasteiger partial charge in [-0.05, 0) is 48.5 Å². The summed E-state index contributed by atoms with van der Waals surface area (Å²) in [5, 5.41) is 0.929. The lowest BCUT2D eigenvalue weighted by molar-refractivity contribution is 0.464. The summed E-state index contributed by atoms with van der Waals surface area (Å²) in [6, 6.07) is 30.1. The zero-order valence-electron chi connectivity index (χ0n) is 15.4. The van der Waals surface area contributed by atoms with Crippen molar-refractivity contribution < 1.29 is 9.15 Å². The van der Waals surface area contributed by atoms with Gasteiger partial charge in [-0.2, -0.15) is 0 Å². The van der Waals surface area contributed by atoms with Crippen LogP contribution in [0.2, 0.25) is 0 Å². The van der Waals surface area contributed by atoms with Gasteiger partial charge in [0.15, 0.2) is 11.5 Å². The number of anilines is 3. The first kappa shape index (κ1) is 16.0.